The quantitative estimate of drug-likeness (QED) is 0.784. The van der Waals surface area contributed by atoms with Crippen molar-refractivity contribution in [3.63, 3.8) is 0 Å². The van der Waals surface area contributed by atoms with Crippen LogP contribution in [0.5, 0.6) is 0 Å². The number of nitrogens with one attached hydrogen (secondary N) is 1. The molecule has 1 rings (SSSR count). The molecule has 1 unspecified atom stereocenters. The van der Waals surface area contributed by atoms with Gasteiger partial charge >= 0.3 is 5.97 Å². The van der Waals surface area contributed by atoms with Crippen LogP contribution in [-0.4, -0.2) is 31.3 Å². The van der Waals surface area contributed by atoms with E-state index in [9.17, 15) is 4.79 Å². The monoisotopic (exact) mass is 277 g/mol. The molecule has 0 amide bonds. The van der Waals surface area contributed by atoms with E-state index in [2.05, 4.69) is 5.32 Å². The molecular weight excluding hydrogens is 265 g/mol. The minimum atomic E-state index is -0.973. The lowest BCUT2D eigenvalue weighted by Crippen LogP contribution is -2.31. The van der Waals surface area contributed by atoms with E-state index in [0.717, 1.165) is 0 Å². The number of hydrogen-bond acceptors (Lipinski definition) is 3. The van der Waals surface area contributed by atoms with Crippen LogP contribution in [0, 0.1) is 0 Å². The third-order valence-corrected chi connectivity index (χ3v) is 2.92. The summed E-state index contributed by atoms with van der Waals surface area (Å²) in [5.74, 6) is -0.973. The van der Waals surface area contributed by atoms with Crippen LogP contribution in [-0.2, 0) is 9.53 Å². The van der Waals surface area contributed by atoms with Crippen LogP contribution >= 0.6 is 23.2 Å². The van der Waals surface area contributed by atoms with Gasteiger partial charge < -0.3 is 9.84 Å². The van der Waals surface area contributed by atoms with Crippen LogP contribution < -0.4 is 5.32 Å². The zero-order valence-electron chi connectivity index (χ0n) is 9.24. The number of benzene rings is 1. The van der Waals surface area contributed by atoms with Gasteiger partial charge in [-0.1, -0.05) is 29.3 Å². The Labute approximate surface area is 109 Å². The summed E-state index contributed by atoms with van der Waals surface area (Å²) in [7, 11) is 1.55. The molecular formula is C11H13Cl2NO3. The number of carboxylic acid groups (broad SMARTS) is 1. The van der Waals surface area contributed by atoms with Crippen molar-refractivity contribution >= 4 is 29.2 Å². The van der Waals surface area contributed by atoms with Crippen LogP contribution in [0.1, 0.15) is 11.6 Å². The van der Waals surface area contributed by atoms with Crippen molar-refractivity contribution in [3.8, 4) is 0 Å². The number of aliphatic carboxylic acids is 1. The maximum absolute atomic E-state index is 11.1. The second-order valence-electron chi connectivity index (χ2n) is 3.39. The van der Waals surface area contributed by atoms with Gasteiger partial charge in [0.1, 0.15) is 6.04 Å². The average Bonchev–Trinajstić information content (AvgIpc) is 2.28. The first-order valence-electron chi connectivity index (χ1n) is 4.96. The van der Waals surface area contributed by atoms with Crippen LogP contribution in [0.25, 0.3) is 0 Å². The van der Waals surface area contributed by atoms with E-state index in [1.165, 1.54) is 0 Å². The standard InChI is InChI=1S/C11H13Cl2NO3/c1-17-5-4-14-10(11(15)16)7-2-3-8(12)9(13)6-7/h2-3,6,10,14H,4-5H2,1H3,(H,15,16). The van der Waals surface area contributed by atoms with E-state index in [0.29, 0.717) is 28.8 Å². The van der Waals surface area contributed by atoms with E-state index in [1.54, 1.807) is 25.3 Å². The molecule has 0 aliphatic rings. The molecule has 0 radical (unpaired) electrons. The zero-order valence-corrected chi connectivity index (χ0v) is 10.8. The average molecular weight is 278 g/mol. The van der Waals surface area contributed by atoms with Gasteiger partial charge in [-0.25, -0.2) is 0 Å². The van der Waals surface area contributed by atoms with E-state index >= 15 is 0 Å². The van der Waals surface area contributed by atoms with Gasteiger partial charge in [-0.2, -0.15) is 0 Å². The molecule has 0 aromatic heterocycles. The van der Waals surface area contributed by atoms with Gasteiger partial charge in [0.15, 0.2) is 0 Å². The predicted octanol–water partition coefficient (Wildman–Crippen LogP) is 2.36. The molecule has 94 valence electrons. The van der Waals surface area contributed by atoms with Crippen molar-refractivity contribution in [1.29, 1.82) is 0 Å². The molecule has 0 spiro atoms. The van der Waals surface area contributed by atoms with Crippen molar-refractivity contribution in [2.75, 3.05) is 20.3 Å². The third-order valence-electron chi connectivity index (χ3n) is 2.18. The molecule has 1 aromatic rings. The first-order chi connectivity index (χ1) is 8.06. The molecule has 4 nitrogen and oxygen atoms in total. The fraction of sp³-hybridized carbons (Fsp3) is 0.364. The summed E-state index contributed by atoms with van der Waals surface area (Å²) in [6.07, 6.45) is 0. The van der Waals surface area contributed by atoms with Gasteiger partial charge in [0.25, 0.3) is 0 Å². The smallest absolute Gasteiger partial charge is 0.325 e. The highest BCUT2D eigenvalue weighted by atomic mass is 35.5. The van der Waals surface area contributed by atoms with Crippen molar-refractivity contribution in [2.24, 2.45) is 0 Å². The minimum Gasteiger partial charge on any atom is -0.480 e. The molecule has 0 heterocycles. The summed E-state index contributed by atoms with van der Waals surface area (Å²) in [5.41, 5.74) is 0.558. The molecule has 0 aliphatic carbocycles. The Morgan fingerprint density at radius 1 is 1.47 bits per heavy atom. The topological polar surface area (TPSA) is 58.6 Å². The Hall–Kier alpha value is -0.810. The van der Waals surface area contributed by atoms with Gasteiger partial charge in [0.2, 0.25) is 0 Å². The molecule has 17 heavy (non-hydrogen) atoms. The number of hydrogen-bond donors (Lipinski definition) is 2. The highest BCUT2D eigenvalue weighted by Crippen LogP contribution is 2.25. The Balaban J connectivity index is 2.82. The van der Waals surface area contributed by atoms with Crippen molar-refractivity contribution < 1.29 is 14.6 Å². The van der Waals surface area contributed by atoms with Crippen LogP contribution in [0.3, 0.4) is 0 Å². The molecule has 6 heteroatoms. The summed E-state index contributed by atoms with van der Waals surface area (Å²) in [4.78, 5) is 11.1. The molecule has 0 saturated carbocycles. The number of methoxy groups -OCH3 is 1. The summed E-state index contributed by atoms with van der Waals surface area (Å²) in [6.45, 7) is 0.874. The van der Waals surface area contributed by atoms with Gasteiger partial charge in [0, 0.05) is 13.7 Å². The van der Waals surface area contributed by atoms with E-state index in [4.69, 9.17) is 33.0 Å². The largest absolute Gasteiger partial charge is 0.480 e. The van der Waals surface area contributed by atoms with Crippen LogP contribution in [0.2, 0.25) is 10.0 Å². The van der Waals surface area contributed by atoms with Gasteiger partial charge in [-0.05, 0) is 17.7 Å². The van der Waals surface area contributed by atoms with Crippen molar-refractivity contribution in [1.82, 2.24) is 5.32 Å². The van der Waals surface area contributed by atoms with Gasteiger partial charge in [-0.3, -0.25) is 10.1 Å². The number of carboxylic acids is 1. The Morgan fingerprint density at radius 3 is 2.71 bits per heavy atom. The van der Waals surface area contributed by atoms with Gasteiger partial charge in [0.05, 0.1) is 16.7 Å². The fourth-order valence-corrected chi connectivity index (χ4v) is 1.65. The fourth-order valence-electron chi connectivity index (χ4n) is 1.35. The zero-order chi connectivity index (χ0) is 12.8. The number of carbonyl (C=O) groups is 1. The number of ether oxygens (including phenoxy) is 1. The lowest BCUT2D eigenvalue weighted by atomic mass is 10.1. The minimum absolute atomic E-state index is 0.337. The van der Waals surface area contributed by atoms with E-state index in [-0.39, 0.29) is 0 Å². The lowest BCUT2D eigenvalue weighted by Gasteiger charge is -2.15. The molecule has 0 bridgehead atoms. The Bertz CT molecular complexity index is 398. The highest BCUT2D eigenvalue weighted by molar-refractivity contribution is 6.42. The molecule has 1 atom stereocenters. The van der Waals surface area contributed by atoms with Gasteiger partial charge in [-0.15, -0.1) is 0 Å². The Morgan fingerprint density at radius 2 is 2.18 bits per heavy atom. The summed E-state index contributed by atoms with van der Waals surface area (Å²) in [5, 5.41) is 12.7. The molecule has 2 N–H and O–H groups in total. The molecule has 1 aromatic carbocycles. The summed E-state index contributed by atoms with van der Waals surface area (Å²) < 4.78 is 4.85. The third kappa shape index (κ3) is 4.16. The maximum Gasteiger partial charge on any atom is 0.325 e. The second-order valence-corrected chi connectivity index (χ2v) is 4.21. The SMILES string of the molecule is COCCNC(C(=O)O)c1ccc(Cl)c(Cl)c1. The first-order valence-corrected chi connectivity index (χ1v) is 5.72. The molecule has 0 saturated heterocycles. The molecule has 0 fully saturated rings. The second kappa shape index (κ2) is 6.81. The summed E-state index contributed by atoms with van der Waals surface area (Å²) >= 11 is 11.6. The number of halogens is 2. The highest BCUT2D eigenvalue weighted by Gasteiger charge is 2.19. The summed E-state index contributed by atoms with van der Waals surface area (Å²) in [6, 6.07) is 3.93. The normalized spacial score (nSPS) is 12.4. The van der Waals surface area contributed by atoms with E-state index < -0.39 is 12.0 Å². The first kappa shape index (κ1) is 14.3. The van der Waals surface area contributed by atoms with Crippen molar-refractivity contribution in [2.45, 2.75) is 6.04 Å². The predicted molar refractivity (Wildman–Crippen MR) is 66.7 cm³/mol. The molecule has 0 aliphatic heterocycles. The number of rotatable bonds is 6. The van der Waals surface area contributed by atoms with Crippen molar-refractivity contribution in [3.05, 3.63) is 33.8 Å². The van der Waals surface area contributed by atoms with Crippen LogP contribution in [0.4, 0.5) is 0 Å². The lowest BCUT2D eigenvalue weighted by molar-refractivity contribution is -0.139. The van der Waals surface area contributed by atoms with Crippen LogP contribution in [0.15, 0.2) is 18.2 Å². The maximum atomic E-state index is 11.1. The van der Waals surface area contributed by atoms with E-state index in [1.807, 2.05) is 0 Å². The Kier molecular flexibility index (Phi) is 5.71.